The van der Waals surface area contributed by atoms with Crippen molar-refractivity contribution in [2.45, 2.75) is 32.9 Å². The topological polar surface area (TPSA) is 97.5 Å². The third-order valence-electron chi connectivity index (χ3n) is 4.95. The minimum absolute atomic E-state index is 0.00944. The van der Waals surface area contributed by atoms with Crippen molar-refractivity contribution in [3.63, 3.8) is 0 Å². The average molecular weight is 358 g/mol. The van der Waals surface area contributed by atoms with Gasteiger partial charge in [-0.25, -0.2) is 0 Å². The van der Waals surface area contributed by atoms with Gasteiger partial charge in [-0.05, 0) is 26.8 Å². The van der Waals surface area contributed by atoms with Crippen LogP contribution in [0, 0.1) is 20.8 Å². The molecule has 2 aromatic rings. The van der Waals surface area contributed by atoms with E-state index in [0.29, 0.717) is 49.3 Å². The molecule has 138 valence electrons. The lowest BCUT2D eigenvalue weighted by molar-refractivity contribution is -0.0713. The van der Waals surface area contributed by atoms with Crippen LogP contribution in [0.1, 0.15) is 39.5 Å². The summed E-state index contributed by atoms with van der Waals surface area (Å²) in [6.07, 6.45) is 0. The molecule has 4 heterocycles. The normalized spacial score (nSPS) is 21.7. The highest BCUT2D eigenvalue weighted by atomic mass is 16.5. The quantitative estimate of drug-likeness (QED) is 0.790. The molecule has 0 aromatic carbocycles. The van der Waals surface area contributed by atoms with Gasteiger partial charge >= 0.3 is 0 Å². The van der Waals surface area contributed by atoms with E-state index in [1.165, 1.54) is 0 Å². The zero-order chi connectivity index (χ0) is 18.3. The zero-order valence-corrected chi connectivity index (χ0v) is 15.2. The average Bonchev–Trinajstić information content (AvgIpc) is 3.02. The van der Waals surface area contributed by atoms with Gasteiger partial charge < -0.3 is 14.2 Å². The summed E-state index contributed by atoms with van der Waals surface area (Å²) in [5.74, 6) is 1.21. The van der Waals surface area contributed by atoms with E-state index in [1.54, 1.807) is 13.0 Å². The Bertz CT molecular complexity index is 817. The van der Waals surface area contributed by atoms with Gasteiger partial charge in [-0.15, -0.1) is 0 Å². The smallest absolute Gasteiger partial charge is 0.255 e. The molecule has 0 radical (unpaired) electrons. The van der Waals surface area contributed by atoms with Crippen LogP contribution in [0.3, 0.4) is 0 Å². The van der Waals surface area contributed by atoms with Crippen LogP contribution < -0.4 is 0 Å². The third kappa shape index (κ3) is 3.08. The lowest BCUT2D eigenvalue weighted by Gasteiger charge is -2.48. The fourth-order valence-corrected chi connectivity index (χ4v) is 3.48. The van der Waals surface area contributed by atoms with Gasteiger partial charge in [0, 0.05) is 25.7 Å². The SMILES string of the molecule is Cc1cc(C(=O)N2CC(N3CCOCC3c3nc(C)no3)C2)c(C)nn1. The van der Waals surface area contributed by atoms with Gasteiger partial charge in [0.05, 0.1) is 30.2 Å². The Balaban J connectivity index is 1.44. The molecule has 9 nitrogen and oxygen atoms in total. The summed E-state index contributed by atoms with van der Waals surface area (Å²) in [5, 5.41) is 11.9. The lowest BCUT2D eigenvalue weighted by atomic mass is 10.0. The largest absolute Gasteiger partial charge is 0.378 e. The van der Waals surface area contributed by atoms with E-state index >= 15 is 0 Å². The van der Waals surface area contributed by atoms with Gasteiger partial charge in [-0.2, -0.15) is 15.2 Å². The summed E-state index contributed by atoms with van der Waals surface area (Å²) in [7, 11) is 0. The van der Waals surface area contributed by atoms with Crippen molar-refractivity contribution < 1.29 is 14.1 Å². The van der Waals surface area contributed by atoms with E-state index < -0.39 is 0 Å². The number of rotatable bonds is 3. The minimum atomic E-state index is -0.0567. The van der Waals surface area contributed by atoms with Crippen LogP contribution in [0.25, 0.3) is 0 Å². The van der Waals surface area contributed by atoms with Crippen LogP contribution >= 0.6 is 0 Å². The molecule has 2 aromatic heterocycles. The Kier molecular flexibility index (Phi) is 4.41. The molecule has 1 unspecified atom stereocenters. The molecule has 0 bridgehead atoms. The van der Waals surface area contributed by atoms with Crippen molar-refractivity contribution in [3.8, 4) is 0 Å². The maximum atomic E-state index is 12.8. The van der Waals surface area contributed by atoms with Crippen LogP contribution in [0.5, 0.6) is 0 Å². The lowest BCUT2D eigenvalue weighted by Crippen LogP contribution is -2.63. The number of hydrogen-bond donors (Lipinski definition) is 0. The Morgan fingerprint density at radius 3 is 2.77 bits per heavy atom. The second kappa shape index (κ2) is 6.73. The van der Waals surface area contributed by atoms with E-state index in [4.69, 9.17) is 9.26 Å². The van der Waals surface area contributed by atoms with Gasteiger partial charge in [0.1, 0.15) is 6.04 Å². The van der Waals surface area contributed by atoms with Crippen molar-refractivity contribution in [3.05, 3.63) is 34.7 Å². The predicted octanol–water partition coefficient (Wildman–Crippen LogP) is 0.683. The summed E-state index contributed by atoms with van der Waals surface area (Å²) >= 11 is 0. The highest BCUT2D eigenvalue weighted by molar-refractivity contribution is 5.95. The molecule has 2 aliphatic heterocycles. The van der Waals surface area contributed by atoms with Crippen molar-refractivity contribution in [1.82, 2.24) is 30.1 Å². The van der Waals surface area contributed by atoms with Crippen molar-refractivity contribution in [1.29, 1.82) is 0 Å². The summed E-state index contributed by atoms with van der Waals surface area (Å²) in [6, 6.07) is 2.01. The molecular formula is C17H22N6O3. The molecule has 2 saturated heterocycles. The number of morpholine rings is 1. The first-order chi connectivity index (χ1) is 12.5. The molecule has 26 heavy (non-hydrogen) atoms. The maximum absolute atomic E-state index is 12.8. The van der Waals surface area contributed by atoms with Gasteiger partial charge in [0.15, 0.2) is 5.82 Å². The van der Waals surface area contributed by atoms with Gasteiger partial charge in [0.2, 0.25) is 5.89 Å². The fourth-order valence-electron chi connectivity index (χ4n) is 3.48. The fraction of sp³-hybridized carbons (Fsp3) is 0.588. The zero-order valence-electron chi connectivity index (χ0n) is 15.2. The van der Waals surface area contributed by atoms with E-state index in [9.17, 15) is 4.79 Å². The van der Waals surface area contributed by atoms with Gasteiger partial charge in [-0.3, -0.25) is 9.69 Å². The van der Waals surface area contributed by atoms with Gasteiger partial charge in [-0.1, -0.05) is 5.16 Å². The number of amides is 1. The number of carbonyl (C=O) groups is 1. The third-order valence-corrected chi connectivity index (χ3v) is 4.95. The number of nitrogens with zero attached hydrogens (tertiary/aromatic N) is 6. The van der Waals surface area contributed by atoms with E-state index in [-0.39, 0.29) is 18.0 Å². The van der Waals surface area contributed by atoms with Crippen LogP contribution in [-0.2, 0) is 4.74 Å². The summed E-state index contributed by atoms with van der Waals surface area (Å²) in [4.78, 5) is 21.3. The number of aromatic nitrogens is 4. The molecule has 9 heteroatoms. The van der Waals surface area contributed by atoms with Gasteiger partial charge in [0.25, 0.3) is 5.91 Å². The predicted molar refractivity (Wildman–Crippen MR) is 90.5 cm³/mol. The molecule has 0 saturated carbocycles. The first kappa shape index (κ1) is 17.0. The summed E-state index contributed by atoms with van der Waals surface area (Å²) in [6.45, 7) is 8.77. The van der Waals surface area contributed by atoms with Crippen LogP contribution in [0.4, 0.5) is 0 Å². The second-order valence-corrected chi connectivity index (χ2v) is 6.86. The number of likely N-dealkylation sites (tertiary alicyclic amines) is 1. The maximum Gasteiger partial charge on any atom is 0.255 e. The van der Waals surface area contributed by atoms with E-state index in [1.807, 2.05) is 18.7 Å². The number of hydrogen-bond acceptors (Lipinski definition) is 8. The first-order valence-corrected chi connectivity index (χ1v) is 8.77. The first-order valence-electron chi connectivity index (χ1n) is 8.77. The summed E-state index contributed by atoms with van der Waals surface area (Å²) < 4.78 is 10.9. The number of carbonyl (C=O) groups excluding carboxylic acids is 1. The molecule has 0 N–H and O–H groups in total. The Morgan fingerprint density at radius 1 is 1.23 bits per heavy atom. The molecule has 1 amide bonds. The van der Waals surface area contributed by atoms with Crippen molar-refractivity contribution in [2.24, 2.45) is 0 Å². The monoisotopic (exact) mass is 358 g/mol. The molecule has 0 aliphatic carbocycles. The molecule has 4 rings (SSSR count). The van der Waals surface area contributed by atoms with Crippen LogP contribution in [0.15, 0.2) is 10.6 Å². The second-order valence-electron chi connectivity index (χ2n) is 6.86. The number of ether oxygens (including phenoxy) is 1. The van der Waals surface area contributed by atoms with E-state index in [2.05, 4.69) is 25.2 Å². The minimum Gasteiger partial charge on any atom is -0.378 e. The molecule has 2 aliphatic rings. The van der Waals surface area contributed by atoms with E-state index in [0.717, 1.165) is 12.2 Å². The highest BCUT2D eigenvalue weighted by Crippen LogP contribution is 2.29. The highest BCUT2D eigenvalue weighted by Gasteiger charge is 2.41. The van der Waals surface area contributed by atoms with Crippen molar-refractivity contribution in [2.75, 3.05) is 32.8 Å². The Labute approximate surface area is 151 Å². The van der Waals surface area contributed by atoms with Crippen molar-refractivity contribution >= 4 is 5.91 Å². The summed E-state index contributed by atoms with van der Waals surface area (Å²) in [5.41, 5.74) is 2.03. The number of aryl methyl sites for hydroxylation is 3. The molecule has 2 fully saturated rings. The Hall–Kier alpha value is -2.39. The van der Waals surface area contributed by atoms with Crippen LogP contribution in [0.2, 0.25) is 0 Å². The standard InChI is InChI=1S/C17H22N6O3/c1-10-6-14(11(2)20-19-10)17(24)22-7-13(8-22)23-4-5-25-9-15(23)16-18-12(3)21-26-16/h6,13,15H,4-5,7-9H2,1-3H3. The molecule has 0 spiro atoms. The van der Waals surface area contributed by atoms with Crippen LogP contribution in [-0.4, -0.2) is 74.9 Å². The Morgan fingerprint density at radius 2 is 2.04 bits per heavy atom. The molecule has 1 atom stereocenters. The molecular weight excluding hydrogens is 336 g/mol.